The van der Waals surface area contributed by atoms with E-state index in [-0.39, 0.29) is 10.7 Å². The molecule has 0 heterocycles. The van der Waals surface area contributed by atoms with Gasteiger partial charge in [-0.1, -0.05) is 19.8 Å². The van der Waals surface area contributed by atoms with Gasteiger partial charge in [0.25, 0.3) is 0 Å². The fourth-order valence-electron chi connectivity index (χ4n) is 0.993. The number of esters is 1. The molecule has 0 aromatic carbocycles. The van der Waals surface area contributed by atoms with Crippen molar-refractivity contribution in [1.82, 2.24) is 0 Å². The van der Waals surface area contributed by atoms with Gasteiger partial charge in [0.05, 0.1) is 6.61 Å². The second-order valence-electron chi connectivity index (χ2n) is 3.17. The Hall–Kier alpha value is -0.640. The van der Waals surface area contributed by atoms with Crippen molar-refractivity contribution in [2.45, 2.75) is 45.4 Å². The highest BCUT2D eigenvalue weighted by atomic mass is 19.0. The number of carbonyl (C=O) groups is 1. The van der Waals surface area contributed by atoms with Crippen LogP contribution in [0.25, 0.3) is 0 Å². The number of carbonyl (C=O) groups excluding carboxylic acids is 1. The molecule has 0 atom stereocenters. The van der Waals surface area contributed by atoms with Gasteiger partial charge < -0.3 is 10.5 Å². The van der Waals surface area contributed by atoms with Crippen LogP contribution in [0, 0.1) is 0 Å². The summed E-state index contributed by atoms with van der Waals surface area (Å²) in [6.45, 7) is 3.37. The van der Waals surface area contributed by atoms with Gasteiger partial charge in [-0.05, 0) is 25.8 Å². The van der Waals surface area contributed by atoms with Crippen LogP contribution in [0.4, 0.5) is 4.70 Å². The van der Waals surface area contributed by atoms with E-state index in [0.29, 0.717) is 19.6 Å². The SMILES string of the molecule is CCCCOC(=O)CCCCCN.F. The van der Waals surface area contributed by atoms with Crippen molar-refractivity contribution >= 4 is 5.97 Å². The van der Waals surface area contributed by atoms with Gasteiger partial charge in [-0.15, -0.1) is 0 Å². The second-order valence-corrected chi connectivity index (χ2v) is 3.17. The highest BCUT2D eigenvalue weighted by Crippen LogP contribution is 2.00. The standard InChI is InChI=1S/C10H21NO2.FH/c1-2-3-9-13-10(12)7-5-4-6-8-11;/h2-9,11H2,1H3;1H. The number of ether oxygens (including phenoxy) is 1. The summed E-state index contributed by atoms with van der Waals surface area (Å²) < 4.78 is 4.99. The fraction of sp³-hybridized carbons (Fsp3) is 0.900. The van der Waals surface area contributed by atoms with Gasteiger partial charge in [0.2, 0.25) is 0 Å². The van der Waals surface area contributed by atoms with E-state index in [2.05, 4.69) is 6.92 Å². The maximum Gasteiger partial charge on any atom is 0.305 e. The Kier molecular flexibility index (Phi) is 14.0. The molecule has 0 fully saturated rings. The first-order valence-corrected chi connectivity index (χ1v) is 5.17. The van der Waals surface area contributed by atoms with E-state index >= 15 is 0 Å². The third-order valence-corrected chi connectivity index (χ3v) is 1.85. The van der Waals surface area contributed by atoms with Gasteiger partial charge in [0.1, 0.15) is 0 Å². The molecule has 0 saturated heterocycles. The first-order chi connectivity index (χ1) is 6.31. The Labute approximate surface area is 85.4 Å². The van der Waals surface area contributed by atoms with E-state index in [9.17, 15) is 4.79 Å². The van der Waals surface area contributed by atoms with E-state index in [4.69, 9.17) is 10.5 Å². The molecule has 0 spiro atoms. The molecule has 0 amide bonds. The van der Waals surface area contributed by atoms with Crippen molar-refractivity contribution in [3.05, 3.63) is 0 Å². The number of hydrogen-bond acceptors (Lipinski definition) is 3. The molecule has 86 valence electrons. The van der Waals surface area contributed by atoms with Crippen LogP contribution in [-0.4, -0.2) is 19.1 Å². The minimum atomic E-state index is -0.0644. The summed E-state index contributed by atoms with van der Waals surface area (Å²) in [5.74, 6) is -0.0644. The second kappa shape index (κ2) is 12.4. The third-order valence-electron chi connectivity index (χ3n) is 1.85. The molecular weight excluding hydrogens is 185 g/mol. The highest BCUT2D eigenvalue weighted by Gasteiger charge is 2.00. The first-order valence-electron chi connectivity index (χ1n) is 5.17. The Morgan fingerprint density at radius 1 is 1.21 bits per heavy atom. The number of nitrogens with two attached hydrogens (primary N) is 1. The molecule has 14 heavy (non-hydrogen) atoms. The van der Waals surface area contributed by atoms with E-state index in [1.54, 1.807) is 0 Å². The van der Waals surface area contributed by atoms with Crippen LogP contribution in [0.15, 0.2) is 0 Å². The van der Waals surface area contributed by atoms with Crippen LogP contribution in [0.2, 0.25) is 0 Å². The average Bonchev–Trinajstić information content (AvgIpc) is 2.13. The molecule has 0 aromatic rings. The molecule has 0 saturated carbocycles. The summed E-state index contributed by atoms with van der Waals surface area (Å²) in [7, 11) is 0. The molecule has 2 N–H and O–H groups in total. The minimum absolute atomic E-state index is 0. The Balaban J connectivity index is 0. The van der Waals surface area contributed by atoms with Crippen molar-refractivity contribution in [2.24, 2.45) is 5.73 Å². The van der Waals surface area contributed by atoms with Gasteiger partial charge in [-0.3, -0.25) is 9.50 Å². The van der Waals surface area contributed by atoms with Crippen molar-refractivity contribution in [3.8, 4) is 0 Å². The molecular formula is C10H22FNO2. The van der Waals surface area contributed by atoms with Crippen molar-refractivity contribution in [1.29, 1.82) is 0 Å². The van der Waals surface area contributed by atoms with Gasteiger partial charge >= 0.3 is 5.97 Å². The minimum Gasteiger partial charge on any atom is -0.466 e. The lowest BCUT2D eigenvalue weighted by Crippen LogP contribution is -2.06. The van der Waals surface area contributed by atoms with Crippen LogP contribution < -0.4 is 5.73 Å². The zero-order valence-corrected chi connectivity index (χ0v) is 8.96. The van der Waals surface area contributed by atoms with E-state index in [1.165, 1.54) is 0 Å². The van der Waals surface area contributed by atoms with Gasteiger partial charge in [-0.2, -0.15) is 0 Å². The third kappa shape index (κ3) is 11.4. The van der Waals surface area contributed by atoms with E-state index in [1.807, 2.05) is 0 Å². The fourth-order valence-corrected chi connectivity index (χ4v) is 0.993. The lowest BCUT2D eigenvalue weighted by atomic mass is 10.2. The average molecular weight is 207 g/mol. The predicted octanol–water partition coefficient (Wildman–Crippen LogP) is 2.00. The number of rotatable bonds is 8. The Morgan fingerprint density at radius 3 is 2.50 bits per heavy atom. The Bertz CT molecular complexity index is 131. The predicted molar refractivity (Wildman–Crippen MR) is 55.9 cm³/mol. The zero-order chi connectivity index (χ0) is 9.94. The van der Waals surface area contributed by atoms with Gasteiger partial charge in [0.15, 0.2) is 0 Å². The summed E-state index contributed by atoms with van der Waals surface area (Å²) in [6.07, 6.45) is 5.52. The lowest BCUT2D eigenvalue weighted by molar-refractivity contribution is -0.143. The molecule has 0 aliphatic rings. The summed E-state index contributed by atoms with van der Waals surface area (Å²) in [5.41, 5.74) is 5.33. The lowest BCUT2D eigenvalue weighted by Gasteiger charge is -2.02. The van der Waals surface area contributed by atoms with Crippen molar-refractivity contribution in [3.63, 3.8) is 0 Å². The Morgan fingerprint density at radius 2 is 1.93 bits per heavy atom. The molecule has 0 aliphatic carbocycles. The highest BCUT2D eigenvalue weighted by molar-refractivity contribution is 5.69. The smallest absolute Gasteiger partial charge is 0.305 e. The maximum atomic E-state index is 11.0. The first kappa shape index (κ1) is 15.8. The zero-order valence-electron chi connectivity index (χ0n) is 8.96. The molecule has 0 radical (unpaired) electrons. The van der Waals surface area contributed by atoms with Gasteiger partial charge in [0, 0.05) is 6.42 Å². The molecule has 0 aromatic heterocycles. The monoisotopic (exact) mass is 207 g/mol. The molecule has 4 heteroatoms. The summed E-state index contributed by atoms with van der Waals surface area (Å²) in [4.78, 5) is 11.0. The molecule has 3 nitrogen and oxygen atoms in total. The summed E-state index contributed by atoms with van der Waals surface area (Å²) in [5, 5.41) is 0. The largest absolute Gasteiger partial charge is 0.466 e. The summed E-state index contributed by atoms with van der Waals surface area (Å²) in [6, 6.07) is 0. The van der Waals surface area contributed by atoms with Crippen molar-refractivity contribution in [2.75, 3.05) is 13.2 Å². The van der Waals surface area contributed by atoms with Crippen LogP contribution >= 0.6 is 0 Å². The van der Waals surface area contributed by atoms with E-state index < -0.39 is 0 Å². The molecule has 0 bridgehead atoms. The topological polar surface area (TPSA) is 52.3 Å². The molecule has 0 unspecified atom stereocenters. The molecule has 0 rings (SSSR count). The van der Waals surface area contributed by atoms with E-state index in [0.717, 1.165) is 32.1 Å². The van der Waals surface area contributed by atoms with Gasteiger partial charge in [-0.25, -0.2) is 0 Å². The normalized spacial score (nSPS) is 9.29. The van der Waals surface area contributed by atoms with Crippen LogP contribution in [-0.2, 0) is 9.53 Å². The number of halogens is 1. The molecule has 0 aliphatic heterocycles. The van der Waals surface area contributed by atoms with Crippen molar-refractivity contribution < 1.29 is 14.2 Å². The van der Waals surface area contributed by atoms with Crippen LogP contribution in [0.5, 0.6) is 0 Å². The number of hydrogen-bond donors (Lipinski definition) is 1. The van der Waals surface area contributed by atoms with Crippen LogP contribution in [0.3, 0.4) is 0 Å². The quantitative estimate of drug-likeness (QED) is 0.489. The number of unbranched alkanes of at least 4 members (excludes halogenated alkanes) is 3. The summed E-state index contributed by atoms with van der Waals surface area (Å²) >= 11 is 0. The maximum absolute atomic E-state index is 11.0. The van der Waals surface area contributed by atoms with Crippen LogP contribution in [0.1, 0.15) is 45.4 Å².